The van der Waals surface area contributed by atoms with Crippen LogP contribution >= 0.6 is 23.1 Å². The summed E-state index contributed by atoms with van der Waals surface area (Å²) in [5, 5.41) is 8.78. The second-order valence-electron chi connectivity index (χ2n) is 5.71. The van der Waals surface area contributed by atoms with E-state index in [9.17, 15) is 0 Å². The quantitative estimate of drug-likeness (QED) is 0.634. The molecule has 1 fully saturated rings. The maximum atomic E-state index is 8.78. The van der Waals surface area contributed by atoms with Gasteiger partial charge in [-0.25, -0.2) is 0 Å². The highest BCUT2D eigenvalue weighted by atomic mass is 32.2. The molecule has 1 aliphatic rings. The van der Waals surface area contributed by atoms with Crippen LogP contribution in [0.4, 0.5) is 0 Å². The van der Waals surface area contributed by atoms with Crippen LogP contribution in [0.15, 0.2) is 41.3 Å². The Morgan fingerprint density at radius 2 is 1.96 bits per heavy atom. The Labute approximate surface area is 146 Å². The molecule has 1 aromatic carbocycles. The van der Waals surface area contributed by atoms with E-state index < -0.39 is 0 Å². The van der Waals surface area contributed by atoms with Gasteiger partial charge in [0.25, 0.3) is 0 Å². The molecule has 23 heavy (non-hydrogen) atoms. The van der Waals surface area contributed by atoms with Crippen LogP contribution in [0, 0.1) is 11.8 Å². The van der Waals surface area contributed by atoms with Gasteiger partial charge in [0.1, 0.15) is 6.61 Å². The van der Waals surface area contributed by atoms with Gasteiger partial charge in [0.2, 0.25) is 0 Å². The Bertz CT molecular complexity index is 692. The molecular formula is C19H21NOS2. The fourth-order valence-electron chi connectivity index (χ4n) is 2.58. The lowest BCUT2D eigenvalue weighted by Gasteiger charge is -2.21. The minimum atomic E-state index is -0.0759. The number of rotatable bonds is 6. The third kappa shape index (κ3) is 4.86. The maximum Gasteiger partial charge on any atom is 0.104 e. The first-order chi connectivity index (χ1) is 11.3. The van der Waals surface area contributed by atoms with Crippen molar-refractivity contribution in [1.29, 1.82) is 0 Å². The summed E-state index contributed by atoms with van der Waals surface area (Å²) in [4.78, 5) is 6.27. The summed E-state index contributed by atoms with van der Waals surface area (Å²) in [5.74, 6) is 5.71. The standard InChI is InChI=1S/C19H21NOS2/c1-22-17-8-4-15(5-9-17)13-20(16-6-7-16)14-19-11-10-18(23-19)3-2-12-21/h4-5,8-11,16,21H,6-7,12-14H2,1H3. The first kappa shape index (κ1) is 16.6. The molecule has 0 unspecified atom stereocenters. The molecule has 1 heterocycles. The zero-order valence-electron chi connectivity index (χ0n) is 13.3. The number of aliphatic hydroxyl groups is 1. The van der Waals surface area contributed by atoms with E-state index in [-0.39, 0.29) is 6.61 Å². The summed E-state index contributed by atoms with van der Waals surface area (Å²) >= 11 is 3.52. The second-order valence-corrected chi connectivity index (χ2v) is 7.76. The third-order valence-corrected chi connectivity index (χ3v) is 5.65. The molecule has 1 saturated carbocycles. The first-order valence-corrected chi connectivity index (χ1v) is 9.88. The SMILES string of the molecule is CSc1ccc(CN(Cc2ccc(C#CCO)s2)C2CC2)cc1. The lowest BCUT2D eigenvalue weighted by atomic mass is 10.2. The lowest BCUT2D eigenvalue weighted by molar-refractivity contribution is 0.248. The third-order valence-electron chi connectivity index (χ3n) is 3.92. The van der Waals surface area contributed by atoms with Gasteiger partial charge in [-0.2, -0.15) is 0 Å². The second kappa shape index (κ2) is 8.03. The Morgan fingerprint density at radius 1 is 1.17 bits per heavy atom. The van der Waals surface area contributed by atoms with Crippen LogP contribution in [0.25, 0.3) is 0 Å². The Morgan fingerprint density at radius 3 is 2.61 bits per heavy atom. The smallest absolute Gasteiger partial charge is 0.104 e. The van der Waals surface area contributed by atoms with Gasteiger partial charge >= 0.3 is 0 Å². The van der Waals surface area contributed by atoms with Crippen molar-refractivity contribution in [2.24, 2.45) is 0 Å². The molecule has 1 aliphatic carbocycles. The van der Waals surface area contributed by atoms with Gasteiger partial charge in [0.15, 0.2) is 0 Å². The van der Waals surface area contributed by atoms with Crippen molar-refractivity contribution < 1.29 is 5.11 Å². The molecule has 2 aromatic rings. The number of benzene rings is 1. The highest BCUT2D eigenvalue weighted by Gasteiger charge is 2.29. The van der Waals surface area contributed by atoms with Crippen LogP contribution < -0.4 is 0 Å². The number of hydrogen-bond acceptors (Lipinski definition) is 4. The van der Waals surface area contributed by atoms with Crippen molar-refractivity contribution >= 4 is 23.1 Å². The summed E-state index contributed by atoms with van der Waals surface area (Å²) in [5.41, 5.74) is 1.38. The highest BCUT2D eigenvalue weighted by molar-refractivity contribution is 7.98. The van der Waals surface area contributed by atoms with E-state index >= 15 is 0 Å². The summed E-state index contributed by atoms with van der Waals surface area (Å²) < 4.78 is 0. The van der Waals surface area contributed by atoms with Gasteiger partial charge in [-0.1, -0.05) is 24.0 Å². The molecule has 1 aromatic heterocycles. The van der Waals surface area contributed by atoms with Crippen molar-refractivity contribution in [2.45, 2.75) is 36.9 Å². The normalized spacial score (nSPS) is 13.9. The van der Waals surface area contributed by atoms with Gasteiger partial charge in [0, 0.05) is 28.9 Å². The van der Waals surface area contributed by atoms with E-state index in [0.29, 0.717) is 0 Å². The van der Waals surface area contributed by atoms with E-state index in [1.807, 2.05) is 0 Å². The molecule has 0 saturated heterocycles. The Balaban J connectivity index is 1.65. The number of nitrogens with zero attached hydrogens (tertiary/aromatic N) is 1. The predicted molar refractivity (Wildman–Crippen MR) is 98.8 cm³/mol. The summed E-state index contributed by atoms with van der Waals surface area (Å²) in [6.45, 7) is 1.92. The molecule has 0 bridgehead atoms. The molecule has 2 nitrogen and oxygen atoms in total. The van der Waals surface area contributed by atoms with Crippen molar-refractivity contribution in [1.82, 2.24) is 4.90 Å². The van der Waals surface area contributed by atoms with Crippen LogP contribution in [-0.4, -0.2) is 28.9 Å². The molecule has 4 heteroatoms. The minimum Gasteiger partial charge on any atom is -0.384 e. The van der Waals surface area contributed by atoms with E-state index in [2.05, 4.69) is 59.4 Å². The first-order valence-electron chi connectivity index (χ1n) is 7.84. The molecule has 0 spiro atoms. The zero-order valence-corrected chi connectivity index (χ0v) is 14.9. The largest absolute Gasteiger partial charge is 0.384 e. The minimum absolute atomic E-state index is 0.0759. The fourth-order valence-corrected chi connectivity index (χ4v) is 3.89. The Kier molecular flexibility index (Phi) is 5.80. The average molecular weight is 344 g/mol. The number of aliphatic hydroxyl groups excluding tert-OH is 1. The van der Waals surface area contributed by atoms with Crippen molar-refractivity contribution in [3.8, 4) is 11.8 Å². The van der Waals surface area contributed by atoms with E-state index in [0.717, 1.165) is 24.0 Å². The molecule has 1 N–H and O–H groups in total. The number of thiophene rings is 1. The predicted octanol–water partition coefficient (Wildman–Crippen LogP) is 3.98. The maximum absolute atomic E-state index is 8.78. The van der Waals surface area contributed by atoms with Crippen LogP contribution in [0.1, 0.15) is 28.2 Å². The van der Waals surface area contributed by atoms with Gasteiger partial charge < -0.3 is 5.11 Å². The fraction of sp³-hybridized carbons (Fsp3) is 0.368. The molecule has 0 aliphatic heterocycles. The topological polar surface area (TPSA) is 23.5 Å². The van der Waals surface area contributed by atoms with Gasteiger partial charge in [-0.05, 0) is 48.9 Å². The van der Waals surface area contributed by atoms with E-state index in [1.165, 1.54) is 28.2 Å². The molecule has 0 atom stereocenters. The summed E-state index contributed by atoms with van der Waals surface area (Å²) in [6, 6.07) is 13.8. The van der Waals surface area contributed by atoms with Crippen molar-refractivity contribution in [3.63, 3.8) is 0 Å². The summed E-state index contributed by atoms with van der Waals surface area (Å²) in [7, 11) is 0. The number of hydrogen-bond donors (Lipinski definition) is 1. The van der Waals surface area contributed by atoms with Gasteiger partial charge in [-0.3, -0.25) is 4.90 Å². The monoisotopic (exact) mass is 343 g/mol. The highest BCUT2D eigenvalue weighted by Crippen LogP contribution is 2.31. The number of thioether (sulfide) groups is 1. The van der Waals surface area contributed by atoms with Gasteiger partial charge in [-0.15, -0.1) is 23.1 Å². The van der Waals surface area contributed by atoms with Crippen LogP contribution in [0.5, 0.6) is 0 Å². The average Bonchev–Trinajstić information content (AvgIpc) is 3.34. The van der Waals surface area contributed by atoms with Crippen LogP contribution in [-0.2, 0) is 13.1 Å². The van der Waals surface area contributed by atoms with Crippen molar-refractivity contribution in [3.05, 3.63) is 51.7 Å². The van der Waals surface area contributed by atoms with Crippen LogP contribution in [0.2, 0.25) is 0 Å². The van der Waals surface area contributed by atoms with Crippen molar-refractivity contribution in [2.75, 3.05) is 12.9 Å². The lowest BCUT2D eigenvalue weighted by Crippen LogP contribution is -2.24. The van der Waals surface area contributed by atoms with Gasteiger partial charge in [0.05, 0.1) is 4.88 Å². The molecular weight excluding hydrogens is 322 g/mol. The van der Waals surface area contributed by atoms with E-state index in [1.54, 1.807) is 23.1 Å². The summed E-state index contributed by atoms with van der Waals surface area (Å²) in [6.07, 6.45) is 4.73. The van der Waals surface area contributed by atoms with E-state index in [4.69, 9.17) is 5.11 Å². The molecule has 3 rings (SSSR count). The van der Waals surface area contributed by atoms with Crippen LogP contribution in [0.3, 0.4) is 0 Å². The molecule has 0 amide bonds. The molecule has 120 valence electrons. The Hall–Kier alpha value is -1.25. The zero-order chi connectivity index (χ0) is 16.1. The molecule has 0 radical (unpaired) electrons.